The van der Waals surface area contributed by atoms with Gasteiger partial charge in [0.25, 0.3) is 11.8 Å². The molecule has 0 radical (unpaired) electrons. The van der Waals surface area contributed by atoms with Crippen molar-refractivity contribution in [1.82, 2.24) is 19.5 Å². The first-order valence-electron chi connectivity index (χ1n) is 10.8. The highest BCUT2D eigenvalue weighted by atomic mass is 32.2. The number of amides is 3. The van der Waals surface area contributed by atoms with Crippen LogP contribution in [0.1, 0.15) is 23.8 Å². The van der Waals surface area contributed by atoms with E-state index in [9.17, 15) is 40.4 Å². The van der Waals surface area contributed by atoms with E-state index in [2.05, 4.69) is 10.6 Å². The van der Waals surface area contributed by atoms with Crippen LogP contribution >= 0.6 is 0 Å². The van der Waals surface area contributed by atoms with Crippen LogP contribution in [-0.4, -0.2) is 67.2 Å². The van der Waals surface area contributed by atoms with Gasteiger partial charge in [-0.25, -0.2) is 35.1 Å². The van der Waals surface area contributed by atoms with Gasteiger partial charge in [-0.15, -0.1) is 0 Å². The third kappa shape index (κ3) is 5.90. The maximum atomic E-state index is 15.0. The largest absolute Gasteiger partial charge is 0.348 e. The van der Waals surface area contributed by atoms with Gasteiger partial charge in [0.15, 0.2) is 17.5 Å². The average molecular weight is 551 g/mol. The molecule has 1 aromatic carbocycles. The SMILES string of the molecule is CCNC(=O)C(=O)N1CC[C@@H](NS(=O)(=O)c2cn(C)c(C(=O)Nc3ccc(F)c(F)c3)c2F)C(F)(F)C1. The quantitative estimate of drug-likeness (QED) is 0.369. The smallest absolute Gasteiger partial charge is 0.312 e. The Morgan fingerprint density at radius 3 is 2.41 bits per heavy atom. The predicted molar refractivity (Wildman–Crippen MR) is 119 cm³/mol. The van der Waals surface area contributed by atoms with Crippen LogP contribution in [0.3, 0.4) is 0 Å². The molecule has 0 saturated carbocycles. The molecule has 37 heavy (non-hydrogen) atoms. The summed E-state index contributed by atoms with van der Waals surface area (Å²) in [5.74, 6) is -11.4. The molecule has 0 bridgehead atoms. The Balaban J connectivity index is 1.78. The minimum absolute atomic E-state index is 0.0979. The summed E-state index contributed by atoms with van der Waals surface area (Å²) in [5, 5.41) is 4.27. The van der Waals surface area contributed by atoms with Crippen LogP contribution < -0.4 is 15.4 Å². The number of carbonyl (C=O) groups is 3. The molecule has 1 fully saturated rings. The van der Waals surface area contributed by atoms with E-state index >= 15 is 4.39 Å². The Hall–Kier alpha value is -3.53. The number of likely N-dealkylation sites (tertiary alicyclic amines) is 1. The van der Waals surface area contributed by atoms with Gasteiger partial charge in [-0.05, 0) is 25.5 Å². The first-order chi connectivity index (χ1) is 17.2. The van der Waals surface area contributed by atoms with Crippen LogP contribution in [-0.2, 0) is 26.7 Å². The van der Waals surface area contributed by atoms with Crippen molar-refractivity contribution in [3.63, 3.8) is 0 Å². The number of nitrogens with one attached hydrogen (secondary N) is 3. The van der Waals surface area contributed by atoms with E-state index in [0.717, 1.165) is 17.7 Å². The second kappa shape index (κ2) is 10.5. The molecule has 10 nitrogen and oxygen atoms in total. The number of hydrogen-bond donors (Lipinski definition) is 3. The number of halogens is 5. The predicted octanol–water partition coefficient (Wildman–Crippen LogP) is 1.35. The Kier molecular flexibility index (Phi) is 7.92. The van der Waals surface area contributed by atoms with Crippen LogP contribution in [0.4, 0.5) is 27.6 Å². The Morgan fingerprint density at radius 1 is 1.14 bits per heavy atom. The number of alkyl halides is 2. The number of benzene rings is 1. The summed E-state index contributed by atoms with van der Waals surface area (Å²) in [6, 6.07) is 0.274. The van der Waals surface area contributed by atoms with Crippen LogP contribution in [0, 0.1) is 17.5 Å². The zero-order valence-electron chi connectivity index (χ0n) is 19.4. The molecule has 202 valence electrons. The van der Waals surface area contributed by atoms with Gasteiger partial charge in [0.1, 0.15) is 10.6 Å². The number of aromatic nitrogens is 1. The fourth-order valence-electron chi connectivity index (χ4n) is 3.67. The standard InChI is InChI=1S/C21H22F5N5O5S/c1-3-27-19(33)20(34)31-7-6-15(21(25,26)10-31)29-37(35,36)14-9-30(2)17(16(14)24)18(32)28-11-4-5-12(22)13(23)8-11/h4-5,8-9,15,29H,3,6-7,10H2,1-2H3,(H,27,33)(H,28,32)/t15-/m1/s1. The fraction of sp³-hybridized carbons (Fsp3) is 0.381. The van der Waals surface area contributed by atoms with E-state index in [1.165, 1.54) is 6.92 Å². The minimum Gasteiger partial charge on any atom is -0.348 e. The van der Waals surface area contributed by atoms with Crippen LogP contribution in [0.25, 0.3) is 0 Å². The first-order valence-corrected chi connectivity index (χ1v) is 12.2. The Bertz CT molecular complexity index is 1350. The van der Waals surface area contributed by atoms with Gasteiger partial charge in [0.2, 0.25) is 10.0 Å². The monoisotopic (exact) mass is 551 g/mol. The summed E-state index contributed by atoms with van der Waals surface area (Å²) in [7, 11) is -3.83. The highest BCUT2D eigenvalue weighted by Gasteiger charge is 2.48. The third-order valence-corrected chi connectivity index (χ3v) is 6.94. The minimum atomic E-state index is -4.94. The van der Waals surface area contributed by atoms with E-state index in [0.29, 0.717) is 23.2 Å². The van der Waals surface area contributed by atoms with E-state index in [4.69, 9.17) is 0 Å². The molecule has 3 amide bonds. The third-order valence-electron chi connectivity index (χ3n) is 5.49. The number of piperidine rings is 1. The topological polar surface area (TPSA) is 130 Å². The van der Waals surface area contributed by atoms with Gasteiger partial charge in [-0.3, -0.25) is 14.4 Å². The lowest BCUT2D eigenvalue weighted by Crippen LogP contribution is -2.60. The normalized spacial score (nSPS) is 17.4. The van der Waals surface area contributed by atoms with Crippen LogP contribution in [0.2, 0.25) is 0 Å². The number of carbonyl (C=O) groups excluding carboxylic acids is 3. The Labute approximate surface area is 207 Å². The molecular formula is C21H22F5N5O5S. The number of hydrogen-bond acceptors (Lipinski definition) is 5. The summed E-state index contributed by atoms with van der Waals surface area (Å²) in [6.07, 6.45) is 0.0962. The molecule has 1 aliphatic rings. The molecule has 1 saturated heterocycles. The molecule has 1 aliphatic heterocycles. The lowest BCUT2D eigenvalue weighted by Gasteiger charge is -2.37. The molecule has 3 rings (SSSR count). The maximum absolute atomic E-state index is 15.0. The van der Waals surface area contributed by atoms with Crippen molar-refractivity contribution >= 4 is 33.4 Å². The molecule has 0 spiro atoms. The van der Waals surface area contributed by atoms with Gasteiger partial charge < -0.3 is 20.1 Å². The van der Waals surface area contributed by atoms with Gasteiger partial charge in [0.05, 0.1) is 12.6 Å². The molecule has 0 aliphatic carbocycles. The van der Waals surface area contributed by atoms with Crippen molar-refractivity contribution in [3.8, 4) is 0 Å². The number of aryl methyl sites for hydroxylation is 1. The highest BCUT2D eigenvalue weighted by Crippen LogP contribution is 2.30. The Morgan fingerprint density at radius 2 is 1.81 bits per heavy atom. The summed E-state index contributed by atoms with van der Waals surface area (Å²) in [5.41, 5.74) is -1.07. The number of likely N-dealkylation sites (N-methyl/N-ethyl adjacent to an activating group) is 1. The lowest BCUT2D eigenvalue weighted by atomic mass is 10.0. The number of sulfonamides is 1. The van der Waals surface area contributed by atoms with E-state index < -0.39 is 80.7 Å². The number of anilines is 1. The molecule has 1 atom stereocenters. The second-order valence-electron chi connectivity index (χ2n) is 8.16. The van der Waals surface area contributed by atoms with Gasteiger partial charge in [0, 0.05) is 38.1 Å². The summed E-state index contributed by atoms with van der Waals surface area (Å²) in [4.78, 5) is 35.6. The number of nitrogens with zero attached hydrogens (tertiary/aromatic N) is 2. The van der Waals surface area contributed by atoms with Crippen LogP contribution in [0.15, 0.2) is 29.3 Å². The van der Waals surface area contributed by atoms with Gasteiger partial charge in [-0.1, -0.05) is 0 Å². The molecule has 0 unspecified atom stereocenters. The number of rotatable bonds is 6. The van der Waals surface area contributed by atoms with Gasteiger partial charge in [-0.2, -0.15) is 0 Å². The first kappa shape index (κ1) is 28.0. The summed E-state index contributed by atoms with van der Waals surface area (Å²) >= 11 is 0. The highest BCUT2D eigenvalue weighted by molar-refractivity contribution is 7.89. The van der Waals surface area contributed by atoms with Gasteiger partial charge >= 0.3 is 11.8 Å². The molecule has 2 aromatic rings. The average Bonchev–Trinajstić information content (AvgIpc) is 3.11. The maximum Gasteiger partial charge on any atom is 0.312 e. The molecule has 16 heteroatoms. The van der Waals surface area contributed by atoms with E-state index in [1.54, 1.807) is 4.72 Å². The second-order valence-corrected chi connectivity index (χ2v) is 9.84. The van der Waals surface area contributed by atoms with Crippen molar-refractivity contribution in [3.05, 3.63) is 47.5 Å². The van der Waals surface area contributed by atoms with Crippen molar-refractivity contribution in [2.75, 3.05) is 25.0 Å². The van der Waals surface area contributed by atoms with Crippen molar-refractivity contribution in [1.29, 1.82) is 0 Å². The molecule has 3 N–H and O–H groups in total. The van der Waals surface area contributed by atoms with E-state index in [1.807, 2.05) is 0 Å². The lowest BCUT2D eigenvalue weighted by molar-refractivity contribution is -0.153. The zero-order chi connectivity index (χ0) is 27.7. The van der Waals surface area contributed by atoms with Crippen molar-refractivity contribution in [2.24, 2.45) is 7.05 Å². The zero-order valence-corrected chi connectivity index (χ0v) is 20.3. The summed E-state index contributed by atoms with van der Waals surface area (Å²) in [6.45, 7) is -0.00492. The fourth-order valence-corrected chi connectivity index (χ4v) is 5.09. The summed E-state index contributed by atoms with van der Waals surface area (Å²) < 4.78 is 99.0. The van der Waals surface area contributed by atoms with Crippen LogP contribution in [0.5, 0.6) is 0 Å². The molecular weight excluding hydrogens is 529 g/mol. The molecule has 2 heterocycles. The van der Waals surface area contributed by atoms with Crippen molar-refractivity contribution < 1.29 is 44.8 Å². The van der Waals surface area contributed by atoms with E-state index in [-0.39, 0.29) is 18.8 Å². The molecule has 1 aromatic heterocycles. The van der Waals surface area contributed by atoms with Crippen molar-refractivity contribution in [2.45, 2.75) is 30.2 Å².